The highest BCUT2D eigenvalue weighted by Gasteiger charge is 2.33. The van der Waals surface area contributed by atoms with Crippen LogP contribution in [0.15, 0.2) is 42.4 Å². The summed E-state index contributed by atoms with van der Waals surface area (Å²) in [5.74, 6) is 0.145. The SMILES string of the molecule is O=C(CC1C2=C(CCCC2)c2cncn21)c1cccc(Cl)c1. The molecule has 0 amide bonds. The smallest absolute Gasteiger partial charge is 0.165 e. The minimum Gasteiger partial charge on any atom is -0.323 e. The van der Waals surface area contributed by atoms with Crippen LogP contribution in [0.25, 0.3) is 5.57 Å². The molecule has 3 nitrogen and oxygen atoms in total. The first-order valence-corrected chi connectivity index (χ1v) is 8.15. The third-order valence-electron chi connectivity index (χ3n) is 4.75. The molecule has 4 rings (SSSR count). The van der Waals surface area contributed by atoms with E-state index in [1.165, 1.54) is 29.7 Å². The summed E-state index contributed by atoms with van der Waals surface area (Å²) < 4.78 is 2.18. The highest BCUT2D eigenvalue weighted by Crippen LogP contribution is 2.45. The average Bonchev–Trinajstić information content (AvgIpc) is 3.10. The fraction of sp³-hybridized carbons (Fsp3) is 0.333. The molecule has 0 bridgehead atoms. The van der Waals surface area contributed by atoms with Crippen LogP contribution in [0.1, 0.15) is 54.2 Å². The Labute approximate surface area is 134 Å². The summed E-state index contributed by atoms with van der Waals surface area (Å²) in [5.41, 5.74) is 4.77. The molecule has 0 fully saturated rings. The second kappa shape index (κ2) is 5.40. The Morgan fingerprint density at radius 2 is 2.18 bits per heavy atom. The molecule has 1 aromatic carbocycles. The number of allylic oxidation sites excluding steroid dienone is 2. The van der Waals surface area contributed by atoms with E-state index in [2.05, 4.69) is 9.55 Å². The summed E-state index contributed by atoms with van der Waals surface area (Å²) in [6, 6.07) is 7.36. The molecular formula is C18H17ClN2O. The van der Waals surface area contributed by atoms with Crippen molar-refractivity contribution in [1.29, 1.82) is 0 Å². The highest BCUT2D eigenvalue weighted by molar-refractivity contribution is 6.31. The van der Waals surface area contributed by atoms with Gasteiger partial charge in [-0.1, -0.05) is 23.7 Å². The number of hydrogen-bond donors (Lipinski definition) is 0. The first kappa shape index (κ1) is 13.8. The monoisotopic (exact) mass is 312 g/mol. The number of benzene rings is 1. The number of rotatable bonds is 3. The summed E-state index contributed by atoms with van der Waals surface area (Å²) in [6.45, 7) is 0. The molecule has 0 saturated heterocycles. The van der Waals surface area contributed by atoms with Gasteiger partial charge in [-0.3, -0.25) is 4.79 Å². The quantitative estimate of drug-likeness (QED) is 0.770. The zero-order chi connectivity index (χ0) is 15.1. The lowest BCUT2D eigenvalue weighted by Crippen LogP contribution is -2.13. The van der Waals surface area contributed by atoms with Crippen molar-refractivity contribution in [2.75, 3.05) is 0 Å². The van der Waals surface area contributed by atoms with Gasteiger partial charge in [-0.2, -0.15) is 0 Å². The lowest BCUT2D eigenvalue weighted by molar-refractivity contribution is 0.0969. The van der Waals surface area contributed by atoms with Crippen LogP contribution < -0.4 is 0 Å². The van der Waals surface area contributed by atoms with Gasteiger partial charge in [-0.25, -0.2) is 4.98 Å². The predicted octanol–water partition coefficient (Wildman–Crippen LogP) is 4.69. The van der Waals surface area contributed by atoms with Crippen molar-refractivity contribution < 1.29 is 4.79 Å². The highest BCUT2D eigenvalue weighted by atomic mass is 35.5. The second-order valence-electron chi connectivity index (χ2n) is 6.05. The van der Waals surface area contributed by atoms with Gasteiger partial charge in [0.1, 0.15) is 0 Å². The zero-order valence-corrected chi connectivity index (χ0v) is 13.0. The standard InChI is InChI=1S/C18H17ClN2O/c19-13-5-3-4-12(8-13)18(22)9-16-14-6-1-2-7-15(14)17-10-20-11-21(16)17/h3-5,8,10-11,16H,1-2,6-7,9H2. The van der Waals surface area contributed by atoms with Gasteiger partial charge in [-0.05, 0) is 49.0 Å². The first-order chi connectivity index (χ1) is 10.7. The molecule has 112 valence electrons. The molecule has 1 aliphatic carbocycles. The summed E-state index contributed by atoms with van der Waals surface area (Å²) in [5, 5.41) is 0.609. The number of nitrogens with zero attached hydrogens (tertiary/aromatic N) is 2. The Hall–Kier alpha value is -1.87. The van der Waals surface area contributed by atoms with Crippen LogP contribution in [0.5, 0.6) is 0 Å². The van der Waals surface area contributed by atoms with Crippen molar-refractivity contribution >= 4 is 23.0 Å². The maximum atomic E-state index is 12.6. The fourth-order valence-electron chi connectivity index (χ4n) is 3.72. The van der Waals surface area contributed by atoms with E-state index in [1.54, 1.807) is 12.1 Å². The van der Waals surface area contributed by atoms with Crippen molar-refractivity contribution in [3.63, 3.8) is 0 Å². The van der Waals surface area contributed by atoms with Gasteiger partial charge < -0.3 is 4.57 Å². The van der Waals surface area contributed by atoms with E-state index in [1.807, 2.05) is 24.7 Å². The van der Waals surface area contributed by atoms with Crippen molar-refractivity contribution in [3.05, 3.63) is 58.6 Å². The Bertz CT molecular complexity index is 775. The Kier molecular flexibility index (Phi) is 3.38. The Morgan fingerprint density at radius 3 is 3.05 bits per heavy atom. The molecule has 4 heteroatoms. The Morgan fingerprint density at radius 1 is 1.32 bits per heavy atom. The van der Waals surface area contributed by atoms with Crippen LogP contribution in [0.4, 0.5) is 0 Å². The third-order valence-corrected chi connectivity index (χ3v) is 4.98. The number of ketones is 1. The van der Waals surface area contributed by atoms with Crippen molar-refractivity contribution in [2.45, 2.75) is 38.1 Å². The topological polar surface area (TPSA) is 34.9 Å². The number of carbonyl (C=O) groups is 1. The summed E-state index contributed by atoms with van der Waals surface area (Å²) in [7, 11) is 0. The van der Waals surface area contributed by atoms with E-state index in [-0.39, 0.29) is 11.8 Å². The number of imidazole rings is 1. The number of hydrogen-bond acceptors (Lipinski definition) is 2. The van der Waals surface area contributed by atoms with E-state index in [4.69, 9.17) is 11.6 Å². The summed E-state index contributed by atoms with van der Waals surface area (Å²) >= 11 is 6.00. The van der Waals surface area contributed by atoms with Crippen LogP contribution in [-0.4, -0.2) is 15.3 Å². The van der Waals surface area contributed by atoms with Crippen LogP contribution in [-0.2, 0) is 0 Å². The molecule has 1 unspecified atom stereocenters. The van der Waals surface area contributed by atoms with E-state index in [0.29, 0.717) is 17.0 Å². The van der Waals surface area contributed by atoms with E-state index < -0.39 is 0 Å². The molecule has 22 heavy (non-hydrogen) atoms. The van der Waals surface area contributed by atoms with Gasteiger partial charge in [0.2, 0.25) is 0 Å². The van der Waals surface area contributed by atoms with Crippen LogP contribution in [0, 0.1) is 0 Å². The van der Waals surface area contributed by atoms with Crippen LogP contribution in [0.3, 0.4) is 0 Å². The second-order valence-corrected chi connectivity index (χ2v) is 6.49. The molecule has 2 aromatic rings. The van der Waals surface area contributed by atoms with Crippen LogP contribution >= 0.6 is 11.6 Å². The first-order valence-electron chi connectivity index (χ1n) is 7.77. The van der Waals surface area contributed by atoms with E-state index in [0.717, 1.165) is 12.8 Å². The van der Waals surface area contributed by atoms with E-state index >= 15 is 0 Å². The predicted molar refractivity (Wildman–Crippen MR) is 87.1 cm³/mol. The van der Waals surface area contributed by atoms with Gasteiger partial charge >= 0.3 is 0 Å². The van der Waals surface area contributed by atoms with Crippen LogP contribution in [0.2, 0.25) is 5.02 Å². The fourth-order valence-corrected chi connectivity index (χ4v) is 3.91. The van der Waals surface area contributed by atoms with Gasteiger partial charge in [0.15, 0.2) is 5.78 Å². The molecule has 0 radical (unpaired) electrons. The minimum absolute atomic E-state index is 0.138. The van der Waals surface area contributed by atoms with Gasteiger partial charge in [0.05, 0.1) is 24.3 Å². The molecular weight excluding hydrogens is 296 g/mol. The molecule has 0 N–H and O–H groups in total. The lowest BCUT2D eigenvalue weighted by atomic mass is 9.87. The van der Waals surface area contributed by atoms with Crippen molar-refractivity contribution in [2.24, 2.45) is 0 Å². The molecule has 2 aliphatic rings. The molecule has 1 atom stereocenters. The number of fused-ring (bicyclic) bond motifs is 2. The van der Waals surface area contributed by atoms with Crippen molar-refractivity contribution in [3.8, 4) is 0 Å². The molecule has 0 saturated carbocycles. The number of carbonyl (C=O) groups excluding carboxylic acids is 1. The van der Waals surface area contributed by atoms with Gasteiger partial charge in [0.25, 0.3) is 0 Å². The number of halogens is 1. The normalized spacial score (nSPS) is 20.0. The average molecular weight is 313 g/mol. The van der Waals surface area contributed by atoms with Crippen molar-refractivity contribution in [1.82, 2.24) is 9.55 Å². The van der Waals surface area contributed by atoms with Gasteiger partial charge in [0, 0.05) is 17.0 Å². The number of Topliss-reactive ketones (excluding diaryl/α,β-unsaturated/α-hetero) is 1. The molecule has 0 spiro atoms. The summed E-state index contributed by atoms with van der Waals surface area (Å²) in [4.78, 5) is 16.9. The number of aromatic nitrogens is 2. The Balaban J connectivity index is 1.65. The molecule has 2 heterocycles. The maximum absolute atomic E-state index is 12.6. The minimum atomic E-state index is 0.138. The lowest BCUT2D eigenvalue weighted by Gasteiger charge is -2.20. The zero-order valence-electron chi connectivity index (χ0n) is 12.3. The van der Waals surface area contributed by atoms with E-state index in [9.17, 15) is 4.79 Å². The summed E-state index contributed by atoms with van der Waals surface area (Å²) in [6.07, 6.45) is 8.96. The molecule has 1 aromatic heterocycles. The van der Waals surface area contributed by atoms with Gasteiger partial charge in [-0.15, -0.1) is 0 Å². The maximum Gasteiger partial charge on any atom is 0.165 e. The third kappa shape index (κ3) is 2.20. The largest absolute Gasteiger partial charge is 0.323 e. The molecule has 1 aliphatic heterocycles.